The van der Waals surface area contributed by atoms with Crippen LogP contribution in [-0.2, 0) is 16.6 Å². The lowest BCUT2D eigenvalue weighted by Gasteiger charge is -2.31. The Balaban J connectivity index is 2.62. The van der Waals surface area contributed by atoms with Gasteiger partial charge in [-0.1, -0.05) is 6.07 Å². The van der Waals surface area contributed by atoms with E-state index in [-0.39, 0.29) is 5.41 Å². The zero-order valence-corrected chi connectivity index (χ0v) is 10.4. The Bertz CT molecular complexity index is 444. The molecule has 0 spiro atoms. The van der Waals surface area contributed by atoms with Crippen LogP contribution in [0, 0.1) is 6.92 Å². The van der Waals surface area contributed by atoms with Gasteiger partial charge in [0.15, 0.2) is 0 Å². The Labute approximate surface area is 96.6 Å². The predicted octanol–water partition coefficient (Wildman–Crippen LogP) is 2.80. The van der Waals surface area contributed by atoms with Crippen LogP contribution < -0.4 is 4.74 Å². The van der Waals surface area contributed by atoms with Gasteiger partial charge in [0.1, 0.15) is 11.5 Å². The minimum Gasteiger partial charge on any atom is -0.496 e. The molecule has 0 aliphatic heterocycles. The van der Waals surface area contributed by atoms with Crippen LogP contribution in [0.25, 0.3) is 0 Å². The molecule has 16 heavy (non-hydrogen) atoms. The minimum atomic E-state index is -0.367. The summed E-state index contributed by atoms with van der Waals surface area (Å²) in [5.74, 6) is 1.20. The molecule has 0 unspecified atom stereocenters. The van der Waals surface area contributed by atoms with E-state index in [2.05, 4.69) is 6.07 Å². The smallest absolute Gasteiger partial charge is 0.143 e. The molecule has 0 aromatic heterocycles. The average molecular weight is 218 g/mol. The first-order chi connectivity index (χ1) is 7.46. The predicted molar refractivity (Wildman–Crippen MR) is 64.1 cm³/mol. The van der Waals surface area contributed by atoms with E-state index in [0.717, 1.165) is 23.3 Å². The summed E-state index contributed by atoms with van der Waals surface area (Å²) in [6.45, 7) is 6.05. The van der Waals surface area contributed by atoms with Gasteiger partial charge in [0.2, 0.25) is 0 Å². The molecular weight excluding hydrogens is 200 g/mol. The molecule has 2 nitrogen and oxygen atoms in total. The second-order valence-electron chi connectivity index (χ2n) is 5.03. The van der Waals surface area contributed by atoms with Crippen LogP contribution in [-0.4, -0.2) is 12.9 Å². The first-order valence-electron chi connectivity index (χ1n) is 5.68. The summed E-state index contributed by atoms with van der Waals surface area (Å²) in [4.78, 5) is 11.9. The maximum absolute atomic E-state index is 11.9. The highest BCUT2D eigenvalue weighted by molar-refractivity contribution is 5.91. The topological polar surface area (TPSA) is 26.3 Å². The van der Waals surface area contributed by atoms with Gasteiger partial charge in [0.25, 0.3) is 0 Å². The maximum atomic E-state index is 11.9. The summed E-state index contributed by atoms with van der Waals surface area (Å²) in [6, 6.07) is 4.18. The summed E-state index contributed by atoms with van der Waals surface area (Å²) in [7, 11) is 1.67. The molecule has 1 aliphatic carbocycles. The van der Waals surface area contributed by atoms with Gasteiger partial charge in [-0.25, -0.2) is 0 Å². The van der Waals surface area contributed by atoms with Crippen molar-refractivity contribution in [2.24, 2.45) is 0 Å². The van der Waals surface area contributed by atoms with E-state index >= 15 is 0 Å². The molecule has 0 heterocycles. The maximum Gasteiger partial charge on any atom is 0.143 e. The highest BCUT2D eigenvalue weighted by Crippen LogP contribution is 2.37. The summed E-state index contributed by atoms with van der Waals surface area (Å²) >= 11 is 0. The lowest BCUT2D eigenvalue weighted by molar-refractivity contribution is -0.124. The van der Waals surface area contributed by atoms with Crippen molar-refractivity contribution in [3.05, 3.63) is 28.8 Å². The number of rotatable bonds is 1. The molecule has 0 amide bonds. The van der Waals surface area contributed by atoms with Crippen molar-refractivity contribution >= 4 is 5.78 Å². The molecule has 0 radical (unpaired) electrons. The average Bonchev–Trinajstić information content (AvgIpc) is 2.23. The van der Waals surface area contributed by atoms with Crippen molar-refractivity contribution in [1.29, 1.82) is 0 Å². The lowest BCUT2D eigenvalue weighted by atomic mass is 9.71. The van der Waals surface area contributed by atoms with Crippen molar-refractivity contribution < 1.29 is 9.53 Å². The van der Waals surface area contributed by atoms with E-state index < -0.39 is 0 Å². The third-order valence-electron chi connectivity index (χ3n) is 3.61. The fraction of sp³-hybridized carbons (Fsp3) is 0.500. The molecule has 2 heteroatoms. The number of hydrogen-bond donors (Lipinski definition) is 0. The Kier molecular flexibility index (Phi) is 2.53. The van der Waals surface area contributed by atoms with E-state index in [1.807, 2.05) is 26.8 Å². The monoisotopic (exact) mass is 218 g/mol. The Hall–Kier alpha value is -1.31. The van der Waals surface area contributed by atoms with Crippen LogP contribution in [0.2, 0.25) is 0 Å². The van der Waals surface area contributed by atoms with E-state index in [0.29, 0.717) is 12.2 Å². The van der Waals surface area contributed by atoms with E-state index in [9.17, 15) is 4.79 Å². The molecular formula is C14H18O2. The number of methoxy groups -OCH3 is 1. The zero-order valence-electron chi connectivity index (χ0n) is 10.4. The van der Waals surface area contributed by atoms with Crippen molar-refractivity contribution in [3.8, 4) is 5.75 Å². The molecule has 1 aliphatic rings. The van der Waals surface area contributed by atoms with Crippen LogP contribution in [0.15, 0.2) is 12.1 Å². The molecule has 0 atom stereocenters. The van der Waals surface area contributed by atoms with Gasteiger partial charge in [-0.2, -0.15) is 0 Å². The first kappa shape index (κ1) is 11.2. The summed E-state index contributed by atoms with van der Waals surface area (Å²) in [5.41, 5.74) is 3.20. The van der Waals surface area contributed by atoms with E-state index in [4.69, 9.17) is 4.74 Å². The van der Waals surface area contributed by atoms with Crippen LogP contribution >= 0.6 is 0 Å². The Morgan fingerprint density at radius 2 is 1.94 bits per heavy atom. The SMILES string of the molecule is COc1cc2c(cc1C)CCC(=O)C2(C)C. The highest BCUT2D eigenvalue weighted by Gasteiger charge is 2.35. The Morgan fingerprint density at radius 3 is 2.56 bits per heavy atom. The van der Waals surface area contributed by atoms with Gasteiger partial charge in [0.05, 0.1) is 7.11 Å². The highest BCUT2D eigenvalue weighted by atomic mass is 16.5. The quantitative estimate of drug-likeness (QED) is 0.724. The van der Waals surface area contributed by atoms with Crippen LogP contribution in [0.5, 0.6) is 5.75 Å². The second kappa shape index (κ2) is 3.62. The number of fused-ring (bicyclic) bond motifs is 1. The lowest BCUT2D eigenvalue weighted by Crippen LogP contribution is -2.34. The fourth-order valence-corrected chi connectivity index (χ4v) is 2.47. The van der Waals surface area contributed by atoms with Gasteiger partial charge >= 0.3 is 0 Å². The second-order valence-corrected chi connectivity index (χ2v) is 5.03. The largest absolute Gasteiger partial charge is 0.496 e. The van der Waals surface area contributed by atoms with Gasteiger partial charge < -0.3 is 4.74 Å². The number of carbonyl (C=O) groups excluding carboxylic acids is 1. The normalized spacial score (nSPS) is 18.1. The minimum absolute atomic E-state index is 0.325. The van der Waals surface area contributed by atoms with E-state index in [1.54, 1.807) is 7.11 Å². The number of hydrogen-bond acceptors (Lipinski definition) is 2. The van der Waals surface area contributed by atoms with Gasteiger partial charge in [-0.15, -0.1) is 0 Å². The molecule has 2 rings (SSSR count). The van der Waals surface area contributed by atoms with Crippen molar-refractivity contribution in [3.63, 3.8) is 0 Å². The van der Waals surface area contributed by atoms with Crippen LogP contribution in [0.3, 0.4) is 0 Å². The van der Waals surface area contributed by atoms with Crippen molar-refractivity contribution in [2.45, 2.75) is 39.0 Å². The van der Waals surface area contributed by atoms with Crippen molar-refractivity contribution in [1.82, 2.24) is 0 Å². The zero-order chi connectivity index (χ0) is 11.9. The number of Topliss-reactive ketones (excluding diaryl/α,β-unsaturated/α-hetero) is 1. The third-order valence-corrected chi connectivity index (χ3v) is 3.61. The molecule has 86 valence electrons. The molecule has 0 saturated heterocycles. The number of benzene rings is 1. The number of aryl methyl sites for hydroxylation is 2. The molecule has 0 bridgehead atoms. The first-order valence-corrected chi connectivity index (χ1v) is 5.68. The fourth-order valence-electron chi connectivity index (χ4n) is 2.47. The number of carbonyl (C=O) groups is 1. The molecule has 0 fully saturated rings. The van der Waals surface area contributed by atoms with Crippen LogP contribution in [0.4, 0.5) is 0 Å². The summed E-state index contributed by atoms with van der Waals surface area (Å²) in [5, 5.41) is 0. The van der Waals surface area contributed by atoms with Gasteiger partial charge in [-0.3, -0.25) is 4.79 Å². The number of ether oxygens (including phenoxy) is 1. The Morgan fingerprint density at radius 1 is 1.25 bits per heavy atom. The molecule has 0 saturated carbocycles. The third kappa shape index (κ3) is 1.53. The van der Waals surface area contributed by atoms with Crippen LogP contribution in [0.1, 0.15) is 37.0 Å². The number of ketones is 1. The molecule has 1 aromatic rings. The standard InChI is InChI=1S/C14H18O2/c1-9-7-10-5-6-13(15)14(2,3)11(10)8-12(9)16-4/h7-8H,5-6H2,1-4H3. The molecule has 0 N–H and O–H groups in total. The summed E-state index contributed by atoms with van der Waals surface area (Å²) < 4.78 is 5.33. The summed E-state index contributed by atoms with van der Waals surface area (Å²) in [6.07, 6.45) is 1.52. The molecule has 1 aromatic carbocycles. The van der Waals surface area contributed by atoms with Crippen molar-refractivity contribution in [2.75, 3.05) is 7.11 Å². The van der Waals surface area contributed by atoms with E-state index in [1.165, 1.54) is 5.56 Å². The van der Waals surface area contributed by atoms with Gasteiger partial charge in [0, 0.05) is 11.8 Å². The van der Waals surface area contributed by atoms with Gasteiger partial charge in [-0.05, 0) is 49.9 Å².